The van der Waals surface area contributed by atoms with Crippen LogP contribution in [0.2, 0.25) is 0 Å². The van der Waals surface area contributed by atoms with E-state index >= 15 is 0 Å². The van der Waals surface area contributed by atoms with Crippen molar-refractivity contribution in [2.24, 2.45) is 0 Å². The molecule has 0 fully saturated rings. The van der Waals surface area contributed by atoms with E-state index < -0.39 is 10.0 Å². The highest BCUT2D eigenvalue weighted by Gasteiger charge is 2.17. The molecular weight excluding hydrogens is 282 g/mol. The van der Waals surface area contributed by atoms with E-state index in [9.17, 15) is 8.42 Å². The molecule has 0 amide bonds. The van der Waals surface area contributed by atoms with E-state index in [-0.39, 0.29) is 5.75 Å². The Hall–Kier alpha value is -0.580. The van der Waals surface area contributed by atoms with E-state index in [1.54, 1.807) is 7.05 Å². The van der Waals surface area contributed by atoms with Crippen molar-refractivity contribution in [1.29, 1.82) is 0 Å². The highest BCUT2D eigenvalue weighted by molar-refractivity contribution is 7.89. The standard InChI is InChI=1S/C14H22ClNO2S/c1-12(2)14-7-5-13(6-8-14)11-16(3)19(17,18)10-4-9-15/h5-8,12H,4,9-11H2,1-3H3. The third-order valence-corrected chi connectivity index (χ3v) is 5.21. The number of nitrogens with zero attached hydrogens (tertiary/aromatic N) is 1. The molecule has 0 aliphatic rings. The lowest BCUT2D eigenvalue weighted by molar-refractivity contribution is 0.466. The second kappa shape index (κ2) is 7.27. The Bertz CT molecular complexity index is 483. The first kappa shape index (κ1) is 16.5. The normalized spacial score (nSPS) is 12.3. The quantitative estimate of drug-likeness (QED) is 0.725. The summed E-state index contributed by atoms with van der Waals surface area (Å²) < 4.78 is 25.3. The fourth-order valence-electron chi connectivity index (χ4n) is 1.76. The Morgan fingerprint density at radius 1 is 1.21 bits per heavy atom. The van der Waals surface area contributed by atoms with Crippen molar-refractivity contribution >= 4 is 21.6 Å². The summed E-state index contributed by atoms with van der Waals surface area (Å²) in [6.07, 6.45) is 0.487. The Kier molecular flexibility index (Phi) is 6.30. The topological polar surface area (TPSA) is 37.4 Å². The average molecular weight is 304 g/mol. The van der Waals surface area contributed by atoms with E-state index in [0.717, 1.165) is 5.56 Å². The van der Waals surface area contributed by atoms with Crippen LogP contribution in [0.3, 0.4) is 0 Å². The lowest BCUT2D eigenvalue weighted by atomic mass is 10.0. The van der Waals surface area contributed by atoms with Crippen molar-refractivity contribution in [1.82, 2.24) is 4.31 Å². The van der Waals surface area contributed by atoms with Crippen molar-refractivity contribution in [2.45, 2.75) is 32.7 Å². The number of rotatable bonds is 7. The van der Waals surface area contributed by atoms with Crippen molar-refractivity contribution < 1.29 is 8.42 Å². The summed E-state index contributed by atoms with van der Waals surface area (Å²) in [5, 5.41) is 0. The second-order valence-corrected chi connectivity index (χ2v) is 7.58. The first-order valence-electron chi connectivity index (χ1n) is 6.45. The Labute approximate surface area is 121 Å². The molecule has 0 aromatic heterocycles. The van der Waals surface area contributed by atoms with Crippen LogP contribution in [-0.2, 0) is 16.6 Å². The predicted molar refractivity (Wildman–Crippen MR) is 81.1 cm³/mol. The van der Waals surface area contributed by atoms with Crippen LogP contribution in [0.4, 0.5) is 0 Å². The molecule has 5 heteroatoms. The summed E-state index contributed by atoms with van der Waals surface area (Å²) in [4.78, 5) is 0. The zero-order chi connectivity index (χ0) is 14.5. The van der Waals surface area contributed by atoms with Gasteiger partial charge in [0.25, 0.3) is 0 Å². The molecule has 1 aromatic rings. The monoisotopic (exact) mass is 303 g/mol. The molecule has 0 aliphatic carbocycles. The molecule has 1 aromatic carbocycles. The molecule has 0 saturated carbocycles. The van der Waals surface area contributed by atoms with Gasteiger partial charge in [0.1, 0.15) is 0 Å². The van der Waals surface area contributed by atoms with Gasteiger partial charge in [-0.25, -0.2) is 12.7 Å². The summed E-state index contributed by atoms with van der Waals surface area (Å²) >= 11 is 5.54. The molecule has 0 saturated heterocycles. The fraction of sp³-hybridized carbons (Fsp3) is 0.571. The van der Waals surface area contributed by atoms with Crippen LogP contribution in [0, 0.1) is 0 Å². The average Bonchev–Trinajstić information content (AvgIpc) is 2.37. The van der Waals surface area contributed by atoms with Crippen LogP contribution >= 0.6 is 11.6 Å². The Morgan fingerprint density at radius 3 is 2.26 bits per heavy atom. The van der Waals surface area contributed by atoms with Crippen molar-refractivity contribution in [3.05, 3.63) is 35.4 Å². The van der Waals surface area contributed by atoms with E-state index in [0.29, 0.717) is 24.8 Å². The summed E-state index contributed by atoms with van der Waals surface area (Å²) in [7, 11) is -1.59. The summed E-state index contributed by atoms with van der Waals surface area (Å²) in [5.41, 5.74) is 2.26. The van der Waals surface area contributed by atoms with Crippen LogP contribution in [0.1, 0.15) is 37.3 Å². The largest absolute Gasteiger partial charge is 0.214 e. The third-order valence-electron chi connectivity index (χ3n) is 3.06. The third kappa shape index (κ3) is 5.13. The minimum absolute atomic E-state index is 0.108. The van der Waals surface area contributed by atoms with Gasteiger partial charge < -0.3 is 0 Å². The maximum Gasteiger partial charge on any atom is 0.214 e. The lowest BCUT2D eigenvalue weighted by Crippen LogP contribution is -2.29. The summed E-state index contributed by atoms with van der Waals surface area (Å²) in [5.74, 6) is 0.965. The van der Waals surface area contributed by atoms with Gasteiger partial charge in [0.15, 0.2) is 0 Å². The van der Waals surface area contributed by atoms with Crippen molar-refractivity contribution in [3.63, 3.8) is 0 Å². The van der Waals surface area contributed by atoms with Gasteiger partial charge >= 0.3 is 0 Å². The Balaban J connectivity index is 2.68. The molecule has 0 radical (unpaired) electrons. The SMILES string of the molecule is CC(C)c1ccc(CN(C)S(=O)(=O)CCCCl)cc1. The van der Waals surface area contributed by atoms with Crippen molar-refractivity contribution in [3.8, 4) is 0 Å². The maximum absolute atomic E-state index is 11.9. The van der Waals surface area contributed by atoms with E-state index in [2.05, 4.69) is 26.0 Å². The van der Waals surface area contributed by atoms with Gasteiger partial charge in [-0.3, -0.25) is 0 Å². The van der Waals surface area contributed by atoms with Crippen LogP contribution in [0.5, 0.6) is 0 Å². The number of benzene rings is 1. The molecule has 108 valence electrons. The van der Waals surface area contributed by atoms with E-state index in [1.165, 1.54) is 9.87 Å². The molecule has 0 heterocycles. The zero-order valence-corrected chi connectivity index (χ0v) is 13.3. The van der Waals surface area contributed by atoms with Gasteiger partial charge in [0.2, 0.25) is 10.0 Å². The van der Waals surface area contributed by atoms with Crippen LogP contribution in [0.25, 0.3) is 0 Å². The summed E-state index contributed by atoms with van der Waals surface area (Å²) in [6.45, 7) is 4.68. The number of hydrogen-bond acceptors (Lipinski definition) is 2. The smallest absolute Gasteiger partial charge is 0.212 e. The number of halogens is 1. The van der Waals surface area contributed by atoms with Gasteiger partial charge in [0, 0.05) is 19.5 Å². The molecule has 3 nitrogen and oxygen atoms in total. The van der Waals surface area contributed by atoms with Crippen LogP contribution in [-0.4, -0.2) is 31.4 Å². The molecule has 0 N–H and O–H groups in total. The lowest BCUT2D eigenvalue weighted by Gasteiger charge is -2.17. The number of hydrogen-bond donors (Lipinski definition) is 0. The predicted octanol–water partition coefficient (Wildman–Crippen LogP) is 3.20. The highest BCUT2D eigenvalue weighted by atomic mass is 35.5. The molecule has 0 aliphatic heterocycles. The van der Waals surface area contributed by atoms with Gasteiger partial charge in [-0.1, -0.05) is 38.1 Å². The molecule has 19 heavy (non-hydrogen) atoms. The van der Waals surface area contributed by atoms with Gasteiger partial charge in [0.05, 0.1) is 5.75 Å². The minimum atomic E-state index is -3.20. The van der Waals surface area contributed by atoms with Crippen molar-refractivity contribution in [2.75, 3.05) is 18.7 Å². The molecule has 1 rings (SSSR count). The first-order valence-corrected chi connectivity index (χ1v) is 8.60. The van der Waals surface area contributed by atoms with E-state index in [4.69, 9.17) is 11.6 Å². The van der Waals surface area contributed by atoms with Gasteiger partial charge in [-0.05, 0) is 23.5 Å². The molecule has 0 unspecified atom stereocenters. The maximum atomic E-state index is 11.9. The molecular formula is C14H22ClNO2S. The molecule has 0 spiro atoms. The molecule has 0 bridgehead atoms. The van der Waals surface area contributed by atoms with E-state index in [1.807, 2.05) is 12.1 Å². The minimum Gasteiger partial charge on any atom is -0.212 e. The fourth-order valence-corrected chi connectivity index (χ4v) is 3.21. The highest BCUT2D eigenvalue weighted by Crippen LogP contribution is 2.16. The zero-order valence-electron chi connectivity index (χ0n) is 11.8. The summed E-state index contributed by atoms with van der Waals surface area (Å²) in [6, 6.07) is 8.09. The van der Waals surface area contributed by atoms with Gasteiger partial charge in [-0.2, -0.15) is 0 Å². The first-order chi connectivity index (χ1) is 8.86. The number of sulfonamides is 1. The number of alkyl halides is 1. The van der Waals surface area contributed by atoms with Gasteiger partial charge in [-0.15, -0.1) is 11.6 Å². The Morgan fingerprint density at radius 2 is 1.79 bits per heavy atom. The molecule has 0 atom stereocenters. The van der Waals surface area contributed by atoms with Crippen LogP contribution < -0.4 is 0 Å². The van der Waals surface area contributed by atoms with Crippen LogP contribution in [0.15, 0.2) is 24.3 Å². The second-order valence-electron chi connectivity index (χ2n) is 5.01.